The fourth-order valence-corrected chi connectivity index (χ4v) is 0.940. The van der Waals surface area contributed by atoms with Crippen molar-refractivity contribution in [2.45, 2.75) is 13.5 Å². The molecule has 0 bridgehead atoms. The lowest BCUT2D eigenvalue weighted by Crippen LogP contribution is -2.18. The van der Waals surface area contributed by atoms with Crippen LogP contribution >= 0.6 is 0 Å². The third-order valence-corrected chi connectivity index (χ3v) is 1.63. The smallest absolute Gasteiger partial charge is 0.217 e. The Balaban J connectivity index is 2.77. The van der Waals surface area contributed by atoms with Crippen molar-refractivity contribution in [3.05, 3.63) is 23.8 Å². The van der Waals surface area contributed by atoms with Crippen LogP contribution in [0.4, 0.5) is 0 Å². The van der Waals surface area contributed by atoms with E-state index in [4.69, 9.17) is 5.11 Å². The number of rotatable bonds is 2. The second-order valence-corrected chi connectivity index (χ2v) is 2.69. The van der Waals surface area contributed by atoms with Crippen molar-refractivity contribution in [1.82, 2.24) is 5.32 Å². The Morgan fingerprint density at radius 3 is 2.77 bits per heavy atom. The minimum absolute atomic E-state index is 0.178. The van der Waals surface area contributed by atoms with Crippen LogP contribution in [0.15, 0.2) is 18.2 Å². The van der Waals surface area contributed by atoms with Gasteiger partial charge in [0.2, 0.25) is 5.91 Å². The van der Waals surface area contributed by atoms with E-state index in [2.05, 4.69) is 5.32 Å². The maximum absolute atomic E-state index is 10.6. The highest BCUT2D eigenvalue weighted by Gasteiger charge is 2.04. The van der Waals surface area contributed by atoms with Gasteiger partial charge in [-0.05, 0) is 6.07 Å². The molecule has 1 rings (SSSR count). The number of benzene rings is 1. The number of carbonyl (C=O) groups excluding carboxylic acids is 1. The Kier molecular flexibility index (Phi) is 2.74. The number of hydrogen-bond donors (Lipinski definition) is 3. The minimum Gasteiger partial charge on any atom is -0.504 e. The van der Waals surface area contributed by atoms with E-state index in [1.165, 1.54) is 13.0 Å². The van der Waals surface area contributed by atoms with Gasteiger partial charge >= 0.3 is 0 Å². The maximum atomic E-state index is 10.6. The largest absolute Gasteiger partial charge is 0.504 e. The van der Waals surface area contributed by atoms with Crippen molar-refractivity contribution in [3.63, 3.8) is 0 Å². The van der Waals surface area contributed by atoms with Crippen molar-refractivity contribution in [2.75, 3.05) is 0 Å². The van der Waals surface area contributed by atoms with Crippen LogP contribution in [-0.4, -0.2) is 16.1 Å². The van der Waals surface area contributed by atoms with Gasteiger partial charge in [-0.3, -0.25) is 4.79 Å². The van der Waals surface area contributed by atoms with Crippen LogP contribution in [0.3, 0.4) is 0 Å². The van der Waals surface area contributed by atoms with Gasteiger partial charge in [-0.15, -0.1) is 0 Å². The lowest BCUT2D eigenvalue weighted by atomic mass is 10.2. The van der Waals surface area contributed by atoms with Gasteiger partial charge in [-0.25, -0.2) is 0 Å². The Morgan fingerprint density at radius 2 is 2.15 bits per heavy atom. The molecule has 0 aliphatic carbocycles. The first kappa shape index (κ1) is 9.38. The van der Waals surface area contributed by atoms with Gasteiger partial charge in [0.05, 0.1) is 0 Å². The zero-order valence-electron chi connectivity index (χ0n) is 7.24. The molecule has 0 heterocycles. The molecule has 0 unspecified atom stereocenters. The van der Waals surface area contributed by atoms with Crippen molar-refractivity contribution >= 4 is 5.91 Å². The summed E-state index contributed by atoms with van der Waals surface area (Å²) in [7, 11) is 0. The third-order valence-electron chi connectivity index (χ3n) is 1.63. The molecule has 13 heavy (non-hydrogen) atoms. The molecule has 0 radical (unpaired) electrons. The predicted molar refractivity (Wildman–Crippen MR) is 47.3 cm³/mol. The highest BCUT2D eigenvalue weighted by molar-refractivity contribution is 5.72. The van der Waals surface area contributed by atoms with Crippen LogP contribution in [0.1, 0.15) is 12.5 Å². The van der Waals surface area contributed by atoms with Gasteiger partial charge in [0.1, 0.15) is 0 Å². The Labute approximate surface area is 75.8 Å². The zero-order valence-corrected chi connectivity index (χ0v) is 7.24. The highest BCUT2D eigenvalue weighted by atomic mass is 16.3. The molecular weight excluding hydrogens is 170 g/mol. The molecule has 70 valence electrons. The Morgan fingerprint density at radius 1 is 1.46 bits per heavy atom. The zero-order chi connectivity index (χ0) is 9.84. The van der Waals surface area contributed by atoms with Gasteiger partial charge in [0.25, 0.3) is 0 Å². The Bertz CT molecular complexity index is 323. The molecule has 0 saturated carbocycles. The number of phenols is 2. The van der Waals surface area contributed by atoms with E-state index < -0.39 is 0 Å². The topological polar surface area (TPSA) is 69.6 Å². The molecule has 0 fully saturated rings. The average molecular weight is 181 g/mol. The molecule has 1 aromatic rings. The lowest BCUT2D eigenvalue weighted by molar-refractivity contribution is -0.119. The minimum atomic E-state index is -0.184. The first-order valence-electron chi connectivity index (χ1n) is 3.85. The maximum Gasteiger partial charge on any atom is 0.217 e. The monoisotopic (exact) mass is 181 g/mol. The van der Waals surface area contributed by atoms with Crippen LogP contribution in [0.5, 0.6) is 11.5 Å². The first-order chi connectivity index (χ1) is 6.11. The number of amides is 1. The van der Waals surface area contributed by atoms with Gasteiger partial charge < -0.3 is 15.5 Å². The number of nitrogens with one attached hydrogen (secondary N) is 1. The summed E-state index contributed by atoms with van der Waals surface area (Å²) in [6.45, 7) is 1.61. The molecule has 0 spiro atoms. The number of carbonyl (C=O) groups is 1. The molecular formula is C9H11NO3. The third kappa shape index (κ3) is 2.37. The van der Waals surface area contributed by atoms with E-state index >= 15 is 0 Å². The van der Waals surface area contributed by atoms with E-state index in [0.29, 0.717) is 5.56 Å². The van der Waals surface area contributed by atoms with E-state index in [9.17, 15) is 9.90 Å². The highest BCUT2D eigenvalue weighted by Crippen LogP contribution is 2.27. The molecule has 0 saturated heterocycles. The SMILES string of the molecule is CC(=O)NCc1cccc(O)c1O. The molecule has 4 nitrogen and oxygen atoms in total. The van der Waals surface area contributed by atoms with Gasteiger partial charge in [0, 0.05) is 19.0 Å². The second kappa shape index (κ2) is 3.80. The van der Waals surface area contributed by atoms with Crippen molar-refractivity contribution in [2.24, 2.45) is 0 Å². The quantitative estimate of drug-likeness (QED) is 0.589. The summed E-state index contributed by atoms with van der Waals surface area (Å²) in [5.74, 6) is -0.540. The second-order valence-electron chi connectivity index (χ2n) is 2.69. The summed E-state index contributed by atoms with van der Waals surface area (Å²) in [6, 6.07) is 4.61. The van der Waals surface area contributed by atoms with Crippen LogP contribution in [0.2, 0.25) is 0 Å². The molecule has 3 N–H and O–H groups in total. The molecule has 0 aliphatic rings. The lowest BCUT2D eigenvalue weighted by Gasteiger charge is -2.05. The van der Waals surface area contributed by atoms with Gasteiger partial charge in [-0.1, -0.05) is 12.1 Å². The standard InChI is InChI=1S/C9H11NO3/c1-6(11)10-5-7-3-2-4-8(12)9(7)13/h2-4,12-13H,5H2,1H3,(H,10,11). The van der Waals surface area contributed by atoms with Gasteiger partial charge in [0.15, 0.2) is 11.5 Å². The summed E-state index contributed by atoms with van der Waals surface area (Å²) in [5, 5.41) is 20.9. The summed E-state index contributed by atoms with van der Waals surface area (Å²) in [5.41, 5.74) is 0.496. The molecule has 0 atom stereocenters. The fraction of sp³-hybridized carbons (Fsp3) is 0.222. The summed E-state index contributed by atoms with van der Waals surface area (Å²) >= 11 is 0. The van der Waals surface area contributed by atoms with E-state index in [1.807, 2.05) is 0 Å². The molecule has 1 aromatic carbocycles. The van der Waals surface area contributed by atoms with E-state index in [-0.39, 0.29) is 24.0 Å². The predicted octanol–water partition coefficient (Wildman–Crippen LogP) is 0.734. The summed E-state index contributed by atoms with van der Waals surface area (Å²) < 4.78 is 0. The number of aromatic hydroxyl groups is 2. The summed E-state index contributed by atoms with van der Waals surface area (Å²) in [6.07, 6.45) is 0. The van der Waals surface area contributed by atoms with Crippen LogP contribution in [0.25, 0.3) is 0 Å². The fourth-order valence-electron chi connectivity index (χ4n) is 0.940. The average Bonchev–Trinajstić information content (AvgIpc) is 2.07. The van der Waals surface area contributed by atoms with Crippen molar-refractivity contribution in [1.29, 1.82) is 0 Å². The number of hydrogen-bond acceptors (Lipinski definition) is 3. The Hall–Kier alpha value is -1.71. The van der Waals surface area contributed by atoms with E-state index in [0.717, 1.165) is 0 Å². The molecule has 1 amide bonds. The van der Waals surface area contributed by atoms with Crippen LogP contribution in [0, 0.1) is 0 Å². The van der Waals surface area contributed by atoms with Crippen LogP contribution in [-0.2, 0) is 11.3 Å². The molecule has 0 aromatic heterocycles. The van der Waals surface area contributed by atoms with Crippen LogP contribution < -0.4 is 5.32 Å². The normalized spacial score (nSPS) is 9.62. The van der Waals surface area contributed by atoms with Crippen molar-refractivity contribution < 1.29 is 15.0 Å². The van der Waals surface area contributed by atoms with E-state index in [1.54, 1.807) is 12.1 Å². The molecule has 4 heteroatoms. The summed E-state index contributed by atoms with van der Waals surface area (Å²) in [4.78, 5) is 10.6. The number of para-hydroxylation sites is 1. The molecule has 0 aliphatic heterocycles. The number of phenolic OH excluding ortho intramolecular Hbond substituents is 2. The van der Waals surface area contributed by atoms with Crippen molar-refractivity contribution in [3.8, 4) is 11.5 Å². The van der Waals surface area contributed by atoms with Gasteiger partial charge in [-0.2, -0.15) is 0 Å². The first-order valence-corrected chi connectivity index (χ1v) is 3.85.